The van der Waals surface area contributed by atoms with Gasteiger partial charge in [-0.05, 0) is 36.4 Å². The fourth-order valence-electron chi connectivity index (χ4n) is 3.84. The number of nitrogens with one attached hydrogen (secondary N) is 2. The molecule has 0 aliphatic carbocycles. The molecule has 11 heteroatoms. The molecular formula is C24H22F2N6O3. The number of hydrogen-bond donors (Lipinski definition) is 2. The number of ether oxygens (including phenoxy) is 1. The standard InChI is InChI=1S/C23H18F2N6O3.CH4/c1-31-20-12-4-3-9-26-16(12)7-8-18(20)34-11-17(23(31)33)27-22(32)21-28-19(29-30-21)10-13-14(24)5-2-6-15(13)25;/h2-9,17H,10-11H2,1H3,(H,27,32)(H,28,29,30);1H4/t17-;/m0./s1. The number of amides is 2. The van der Waals surface area contributed by atoms with Gasteiger partial charge in [0.05, 0.1) is 11.2 Å². The molecule has 2 N–H and O–H groups in total. The molecule has 1 aliphatic rings. The molecule has 180 valence electrons. The molecule has 0 saturated carbocycles. The monoisotopic (exact) mass is 480 g/mol. The Balaban J connectivity index is 0.00000289. The van der Waals surface area contributed by atoms with Gasteiger partial charge in [0.2, 0.25) is 5.82 Å². The number of halogens is 2. The highest BCUT2D eigenvalue weighted by Gasteiger charge is 2.32. The molecule has 0 fully saturated rings. The molecule has 2 aromatic carbocycles. The first-order valence-corrected chi connectivity index (χ1v) is 10.4. The normalized spacial score (nSPS) is 15.1. The number of pyridine rings is 1. The Morgan fingerprint density at radius 2 is 1.97 bits per heavy atom. The summed E-state index contributed by atoms with van der Waals surface area (Å²) in [7, 11) is 1.59. The van der Waals surface area contributed by atoms with E-state index in [-0.39, 0.29) is 37.7 Å². The van der Waals surface area contributed by atoms with Gasteiger partial charge in [-0.2, -0.15) is 0 Å². The van der Waals surface area contributed by atoms with E-state index in [0.717, 1.165) is 17.5 Å². The molecule has 9 nitrogen and oxygen atoms in total. The second-order valence-electron chi connectivity index (χ2n) is 7.70. The van der Waals surface area contributed by atoms with Gasteiger partial charge in [-0.25, -0.2) is 13.8 Å². The number of carbonyl (C=O) groups is 2. The van der Waals surface area contributed by atoms with Crippen molar-refractivity contribution in [2.45, 2.75) is 19.9 Å². The zero-order valence-electron chi connectivity index (χ0n) is 17.9. The number of anilines is 1. The zero-order valence-corrected chi connectivity index (χ0v) is 17.9. The summed E-state index contributed by atoms with van der Waals surface area (Å²) in [6.07, 6.45) is 1.44. The van der Waals surface area contributed by atoms with E-state index in [4.69, 9.17) is 4.74 Å². The largest absolute Gasteiger partial charge is 0.489 e. The molecule has 2 aromatic heterocycles. The molecular weight excluding hydrogens is 458 g/mol. The minimum absolute atomic E-state index is 0. The Hall–Kier alpha value is -4.41. The number of H-pyrrole nitrogens is 1. The molecule has 0 saturated heterocycles. The van der Waals surface area contributed by atoms with E-state index in [1.165, 1.54) is 11.0 Å². The van der Waals surface area contributed by atoms with Crippen LogP contribution in [0.2, 0.25) is 0 Å². The molecule has 3 heterocycles. The number of hydrogen-bond acceptors (Lipinski definition) is 6. The topological polar surface area (TPSA) is 113 Å². The first-order valence-electron chi connectivity index (χ1n) is 10.4. The first kappa shape index (κ1) is 23.7. The Kier molecular flexibility index (Phi) is 6.41. The van der Waals surface area contributed by atoms with Crippen LogP contribution < -0.4 is 15.0 Å². The van der Waals surface area contributed by atoms with Crippen molar-refractivity contribution in [2.75, 3.05) is 18.6 Å². The van der Waals surface area contributed by atoms with Crippen molar-refractivity contribution in [3.05, 3.63) is 77.5 Å². The van der Waals surface area contributed by atoms with E-state index < -0.39 is 29.5 Å². The summed E-state index contributed by atoms with van der Waals surface area (Å²) in [6.45, 7) is -0.106. The summed E-state index contributed by atoms with van der Waals surface area (Å²) in [5.74, 6) is -2.26. The smallest absolute Gasteiger partial charge is 0.291 e. The van der Waals surface area contributed by atoms with Crippen molar-refractivity contribution in [3.63, 3.8) is 0 Å². The van der Waals surface area contributed by atoms with Crippen LogP contribution in [-0.2, 0) is 11.2 Å². The van der Waals surface area contributed by atoms with E-state index >= 15 is 0 Å². The number of nitrogens with zero attached hydrogens (tertiary/aromatic N) is 4. The lowest BCUT2D eigenvalue weighted by Crippen LogP contribution is -2.49. The van der Waals surface area contributed by atoms with Gasteiger partial charge in [0.15, 0.2) is 0 Å². The van der Waals surface area contributed by atoms with Crippen LogP contribution in [0.25, 0.3) is 10.9 Å². The summed E-state index contributed by atoms with van der Waals surface area (Å²) >= 11 is 0. The summed E-state index contributed by atoms with van der Waals surface area (Å²) in [4.78, 5) is 35.6. The van der Waals surface area contributed by atoms with Crippen LogP contribution in [0.4, 0.5) is 14.5 Å². The van der Waals surface area contributed by atoms with Crippen molar-refractivity contribution in [1.82, 2.24) is 25.5 Å². The average molecular weight is 480 g/mol. The van der Waals surface area contributed by atoms with Crippen molar-refractivity contribution in [2.24, 2.45) is 0 Å². The Bertz CT molecular complexity index is 1400. The van der Waals surface area contributed by atoms with Gasteiger partial charge in [-0.15, -0.1) is 5.10 Å². The highest BCUT2D eigenvalue weighted by molar-refractivity contribution is 6.08. The SMILES string of the molecule is C.CN1C(=O)[C@@H](NC(=O)c2n[nH]c(Cc3c(F)cccc3F)n2)COc2ccc3ncccc3c21. The number of rotatable bonds is 4. The molecule has 0 radical (unpaired) electrons. The second kappa shape index (κ2) is 9.45. The lowest BCUT2D eigenvalue weighted by molar-refractivity contribution is -0.120. The fourth-order valence-corrected chi connectivity index (χ4v) is 3.84. The molecule has 4 aromatic rings. The molecule has 1 atom stereocenters. The Morgan fingerprint density at radius 3 is 2.74 bits per heavy atom. The molecule has 35 heavy (non-hydrogen) atoms. The lowest BCUT2D eigenvalue weighted by atomic mass is 10.1. The van der Waals surface area contributed by atoms with Crippen LogP contribution in [0.5, 0.6) is 5.75 Å². The van der Waals surface area contributed by atoms with Crippen LogP contribution in [0, 0.1) is 11.6 Å². The van der Waals surface area contributed by atoms with Crippen LogP contribution >= 0.6 is 0 Å². The van der Waals surface area contributed by atoms with Gasteiger partial charge >= 0.3 is 0 Å². The van der Waals surface area contributed by atoms with Crippen LogP contribution in [0.15, 0.2) is 48.7 Å². The zero-order chi connectivity index (χ0) is 23.8. The third kappa shape index (κ3) is 4.39. The van der Waals surface area contributed by atoms with Crippen molar-refractivity contribution in [3.8, 4) is 5.75 Å². The third-order valence-electron chi connectivity index (χ3n) is 5.54. The number of likely N-dealkylation sites (N-methyl/N-ethyl adjacent to an activating group) is 1. The maximum absolute atomic E-state index is 13.9. The van der Waals surface area contributed by atoms with Gasteiger partial charge in [0, 0.05) is 30.6 Å². The Morgan fingerprint density at radius 1 is 1.20 bits per heavy atom. The van der Waals surface area contributed by atoms with Gasteiger partial charge < -0.3 is 15.0 Å². The van der Waals surface area contributed by atoms with Crippen LogP contribution in [-0.4, -0.2) is 51.7 Å². The van der Waals surface area contributed by atoms with Crippen molar-refractivity contribution < 1.29 is 23.1 Å². The number of fused-ring (bicyclic) bond motifs is 3. The highest BCUT2D eigenvalue weighted by Crippen LogP contribution is 2.37. The third-order valence-corrected chi connectivity index (χ3v) is 5.54. The number of benzene rings is 2. The summed E-state index contributed by atoms with van der Waals surface area (Å²) in [5.41, 5.74) is 1.06. The van der Waals surface area contributed by atoms with Crippen molar-refractivity contribution >= 4 is 28.4 Å². The molecule has 1 aliphatic heterocycles. The van der Waals surface area contributed by atoms with Gasteiger partial charge in [0.1, 0.15) is 35.9 Å². The lowest BCUT2D eigenvalue weighted by Gasteiger charge is -2.21. The fraction of sp³-hybridized carbons (Fsp3) is 0.208. The minimum atomic E-state index is -1.01. The maximum Gasteiger partial charge on any atom is 0.291 e. The molecule has 0 spiro atoms. The van der Waals surface area contributed by atoms with Crippen LogP contribution in [0.3, 0.4) is 0 Å². The van der Waals surface area contributed by atoms with E-state index in [1.54, 1.807) is 31.4 Å². The maximum atomic E-state index is 13.9. The van der Waals surface area contributed by atoms with Gasteiger partial charge in [-0.1, -0.05) is 13.5 Å². The highest BCUT2D eigenvalue weighted by atomic mass is 19.1. The average Bonchev–Trinajstić information content (AvgIpc) is 3.27. The summed E-state index contributed by atoms with van der Waals surface area (Å²) in [6, 6.07) is 9.62. The molecule has 0 unspecified atom stereocenters. The summed E-state index contributed by atoms with van der Waals surface area (Å²) in [5, 5.41) is 9.63. The first-order chi connectivity index (χ1) is 16.4. The van der Waals surface area contributed by atoms with Crippen LogP contribution in [0.1, 0.15) is 29.4 Å². The van der Waals surface area contributed by atoms with Crippen molar-refractivity contribution in [1.29, 1.82) is 0 Å². The minimum Gasteiger partial charge on any atom is -0.489 e. The van der Waals surface area contributed by atoms with Gasteiger partial charge in [-0.3, -0.25) is 19.7 Å². The molecule has 5 rings (SSSR count). The Labute approximate surface area is 199 Å². The van der Waals surface area contributed by atoms with E-state index in [9.17, 15) is 18.4 Å². The number of carbonyl (C=O) groups excluding carboxylic acids is 2. The predicted octanol–water partition coefficient (Wildman–Crippen LogP) is 3.01. The van der Waals surface area contributed by atoms with E-state index in [1.807, 2.05) is 6.07 Å². The number of aromatic nitrogens is 4. The molecule has 2 amide bonds. The van der Waals surface area contributed by atoms with E-state index in [2.05, 4.69) is 25.5 Å². The predicted molar refractivity (Wildman–Crippen MR) is 124 cm³/mol. The summed E-state index contributed by atoms with van der Waals surface area (Å²) < 4.78 is 33.6. The molecule has 0 bridgehead atoms. The quantitative estimate of drug-likeness (QED) is 0.464. The van der Waals surface area contributed by atoms with Gasteiger partial charge in [0.25, 0.3) is 11.8 Å². The second-order valence-corrected chi connectivity index (χ2v) is 7.70. The van der Waals surface area contributed by atoms with E-state index in [0.29, 0.717) is 17.0 Å². The number of aromatic amines is 1.